The minimum atomic E-state index is -0.194. The highest BCUT2D eigenvalue weighted by Gasteiger charge is 2.23. The van der Waals surface area contributed by atoms with Crippen molar-refractivity contribution in [2.24, 2.45) is 5.92 Å². The van der Waals surface area contributed by atoms with E-state index in [1.807, 2.05) is 0 Å². The number of aryl methyl sites for hydroxylation is 1. The van der Waals surface area contributed by atoms with Crippen LogP contribution in [0.5, 0.6) is 5.75 Å². The summed E-state index contributed by atoms with van der Waals surface area (Å²) in [5.41, 5.74) is 1.42. The van der Waals surface area contributed by atoms with Gasteiger partial charge in [-0.05, 0) is 48.9 Å². The molecular formula is C20H19ClN2O3S. The molecule has 0 aliphatic heterocycles. The topological polar surface area (TPSA) is 61.2 Å². The van der Waals surface area contributed by atoms with E-state index < -0.39 is 0 Å². The predicted octanol–water partition coefficient (Wildman–Crippen LogP) is 4.13. The van der Waals surface area contributed by atoms with Crippen molar-refractivity contribution in [3.8, 4) is 5.75 Å². The molecule has 0 unspecified atom stereocenters. The van der Waals surface area contributed by atoms with Gasteiger partial charge in [-0.25, -0.2) is 4.98 Å². The number of halogens is 1. The molecule has 27 heavy (non-hydrogen) atoms. The summed E-state index contributed by atoms with van der Waals surface area (Å²) in [7, 11) is 1.52. The molecule has 2 heterocycles. The van der Waals surface area contributed by atoms with Gasteiger partial charge in [0, 0.05) is 10.4 Å². The first kappa shape index (κ1) is 18.2. The Kier molecular flexibility index (Phi) is 4.78. The SMILES string of the molecule is COc1ccc(C(=O)Cn2cnc3sc4c(c3c2=O)CC[C@H](C)C4)cc1Cl. The van der Waals surface area contributed by atoms with E-state index >= 15 is 0 Å². The largest absolute Gasteiger partial charge is 0.495 e. The first-order chi connectivity index (χ1) is 13.0. The third-order valence-electron chi connectivity index (χ3n) is 5.07. The number of hydrogen-bond donors (Lipinski definition) is 0. The number of aromatic nitrogens is 2. The summed E-state index contributed by atoms with van der Waals surface area (Å²) in [5.74, 6) is 0.947. The lowest BCUT2D eigenvalue weighted by Gasteiger charge is -2.17. The minimum Gasteiger partial charge on any atom is -0.495 e. The lowest BCUT2D eigenvalue weighted by Crippen LogP contribution is -2.25. The number of carbonyl (C=O) groups excluding carboxylic acids is 1. The van der Waals surface area contributed by atoms with Crippen molar-refractivity contribution in [3.05, 3.63) is 55.9 Å². The predicted molar refractivity (Wildman–Crippen MR) is 107 cm³/mol. The van der Waals surface area contributed by atoms with E-state index in [1.54, 1.807) is 29.5 Å². The molecule has 7 heteroatoms. The zero-order valence-corrected chi connectivity index (χ0v) is 16.7. The van der Waals surface area contributed by atoms with Gasteiger partial charge in [-0.1, -0.05) is 18.5 Å². The molecule has 0 N–H and O–H groups in total. The Bertz CT molecular complexity index is 1100. The molecule has 1 aliphatic rings. The molecule has 0 fully saturated rings. The fourth-order valence-corrected chi connectivity index (χ4v) is 5.16. The fraction of sp³-hybridized carbons (Fsp3) is 0.350. The Balaban J connectivity index is 1.68. The number of benzene rings is 1. The number of methoxy groups -OCH3 is 1. The summed E-state index contributed by atoms with van der Waals surface area (Å²) in [4.78, 5) is 32.1. The molecule has 2 aromatic heterocycles. The number of hydrogen-bond acceptors (Lipinski definition) is 5. The Labute approximate surface area is 165 Å². The van der Waals surface area contributed by atoms with Crippen LogP contribution < -0.4 is 10.3 Å². The molecule has 1 aromatic carbocycles. The van der Waals surface area contributed by atoms with Crippen LogP contribution in [0.15, 0.2) is 29.3 Å². The molecule has 0 saturated heterocycles. The second-order valence-corrected chi connectivity index (χ2v) is 8.47. The molecule has 0 bridgehead atoms. The monoisotopic (exact) mass is 402 g/mol. The highest BCUT2D eigenvalue weighted by Crippen LogP contribution is 2.35. The Morgan fingerprint density at radius 1 is 1.44 bits per heavy atom. The highest BCUT2D eigenvalue weighted by molar-refractivity contribution is 7.18. The first-order valence-corrected chi connectivity index (χ1v) is 10.0. The average molecular weight is 403 g/mol. The van der Waals surface area contributed by atoms with Crippen molar-refractivity contribution in [2.45, 2.75) is 32.7 Å². The van der Waals surface area contributed by atoms with E-state index in [-0.39, 0.29) is 17.9 Å². The van der Waals surface area contributed by atoms with Crippen LogP contribution in [0.25, 0.3) is 10.2 Å². The molecule has 5 nitrogen and oxygen atoms in total. The van der Waals surface area contributed by atoms with Gasteiger partial charge in [-0.15, -0.1) is 11.3 Å². The summed E-state index contributed by atoms with van der Waals surface area (Å²) in [5, 5.41) is 1.05. The molecule has 140 valence electrons. The summed E-state index contributed by atoms with van der Waals surface area (Å²) in [6.07, 6.45) is 4.45. The Hall–Kier alpha value is -2.18. The van der Waals surface area contributed by atoms with Gasteiger partial charge in [0.15, 0.2) is 5.78 Å². The lowest BCUT2D eigenvalue weighted by molar-refractivity contribution is 0.0970. The van der Waals surface area contributed by atoms with E-state index in [9.17, 15) is 9.59 Å². The number of ketones is 1. The van der Waals surface area contributed by atoms with Crippen LogP contribution in [0.1, 0.15) is 34.1 Å². The number of carbonyl (C=O) groups is 1. The molecular weight excluding hydrogens is 384 g/mol. The minimum absolute atomic E-state index is 0.0640. The van der Waals surface area contributed by atoms with Crippen molar-refractivity contribution in [3.63, 3.8) is 0 Å². The van der Waals surface area contributed by atoms with Crippen LogP contribution in [0.3, 0.4) is 0 Å². The van der Waals surface area contributed by atoms with Gasteiger partial charge in [-0.2, -0.15) is 0 Å². The van der Waals surface area contributed by atoms with Crippen molar-refractivity contribution >= 4 is 38.9 Å². The van der Waals surface area contributed by atoms with E-state index in [0.29, 0.717) is 27.6 Å². The van der Waals surface area contributed by atoms with Gasteiger partial charge in [-0.3, -0.25) is 14.2 Å². The van der Waals surface area contributed by atoms with Gasteiger partial charge in [0.25, 0.3) is 5.56 Å². The van der Waals surface area contributed by atoms with E-state index in [2.05, 4.69) is 11.9 Å². The van der Waals surface area contributed by atoms with Gasteiger partial charge in [0.2, 0.25) is 0 Å². The number of fused-ring (bicyclic) bond motifs is 3. The van der Waals surface area contributed by atoms with Crippen LogP contribution in [0.4, 0.5) is 0 Å². The van der Waals surface area contributed by atoms with Crippen molar-refractivity contribution < 1.29 is 9.53 Å². The molecule has 0 amide bonds. The molecule has 3 aromatic rings. The molecule has 0 radical (unpaired) electrons. The molecule has 0 saturated carbocycles. The second kappa shape index (κ2) is 7.09. The third kappa shape index (κ3) is 3.28. The number of rotatable bonds is 4. The van der Waals surface area contributed by atoms with Crippen LogP contribution in [-0.4, -0.2) is 22.4 Å². The van der Waals surface area contributed by atoms with Crippen molar-refractivity contribution in [1.29, 1.82) is 0 Å². The van der Waals surface area contributed by atoms with Crippen LogP contribution in [-0.2, 0) is 19.4 Å². The second-order valence-electron chi connectivity index (χ2n) is 6.98. The standard InChI is InChI=1S/C20H19ClN2O3S/c1-11-3-5-13-17(7-11)27-19-18(13)20(25)23(10-22-19)9-15(24)12-4-6-16(26-2)14(21)8-12/h4,6,8,10-11H,3,5,7,9H2,1-2H3/t11-/m0/s1. The van der Waals surface area contributed by atoms with Crippen LogP contribution >= 0.6 is 22.9 Å². The van der Waals surface area contributed by atoms with Crippen molar-refractivity contribution in [2.75, 3.05) is 7.11 Å². The highest BCUT2D eigenvalue weighted by atomic mass is 35.5. The molecule has 1 atom stereocenters. The summed E-state index contributed by atoms with van der Waals surface area (Å²) in [6.45, 7) is 2.17. The van der Waals surface area contributed by atoms with Gasteiger partial charge >= 0.3 is 0 Å². The molecule has 1 aliphatic carbocycles. The smallest absolute Gasteiger partial charge is 0.262 e. The summed E-state index contributed by atoms with van der Waals surface area (Å²) in [6, 6.07) is 4.86. The Morgan fingerprint density at radius 2 is 2.26 bits per heavy atom. The zero-order chi connectivity index (χ0) is 19.1. The lowest BCUT2D eigenvalue weighted by atomic mass is 9.89. The van der Waals surface area contributed by atoms with E-state index in [4.69, 9.17) is 16.3 Å². The number of ether oxygens (including phenoxy) is 1. The fourth-order valence-electron chi connectivity index (χ4n) is 3.56. The van der Waals surface area contributed by atoms with Gasteiger partial charge < -0.3 is 4.74 Å². The van der Waals surface area contributed by atoms with Crippen LogP contribution in [0.2, 0.25) is 5.02 Å². The van der Waals surface area contributed by atoms with Gasteiger partial charge in [0.1, 0.15) is 10.6 Å². The van der Waals surface area contributed by atoms with Crippen molar-refractivity contribution in [1.82, 2.24) is 9.55 Å². The van der Waals surface area contributed by atoms with Gasteiger partial charge in [0.05, 0.1) is 30.4 Å². The maximum absolute atomic E-state index is 13.0. The van der Waals surface area contributed by atoms with E-state index in [0.717, 1.165) is 29.7 Å². The zero-order valence-electron chi connectivity index (χ0n) is 15.1. The number of thiophene rings is 1. The first-order valence-electron chi connectivity index (χ1n) is 8.84. The van der Waals surface area contributed by atoms with Crippen LogP contribution in [0, 0.1) is 5.92 Å². The average Bonchev–Trinajstić information content (AvgIpc) is 3.02. The molecule has 4 rings (SSSR count). The normalized spacial score (nSPS) is 16.3. The summed E-state index contributed by atoms with van der Waals surface area (Å²) < 4.78 is 6.51. The number of nitrogens with zero attached hydrogens (tertiary/aromatic N) is 2. The summed E-state index contributed by atoms with van der Waals surface area (Å²) >= 11 is 7.71. The molecule has 0 spiro atoms. The number of Topliss-reactive ketones (excluding diaryl/α,β-unsaturated/α-hetero) is 1. The Morgan fingerprint density at radius 3 is 3.00 bits per heavy atom. The third-order valence-corrected chi connectivity index (χ3v) is 6.53. The maximum atomic E-state index is 13.0. The quantitative estimate of drug-likeness (QED) is 0.615. The maximum Gasteiger partial charge on any atom is 0.262 e. The van der Waals surface area contributed by atoms with E-state index in [1.165, 1.54) is 22.9 Å².